The van der Waals surface area contributed by atoms with Crippen LogP contribution in [-0.2, 0) is 0 Å². The number of rotatable bonds is 7. The van der Waals surface area contributed by atoms with Gasteiger partial charge in [0, 0.05) is 0 Å². The maximum Gasteiger partial charge on any atom is -0.0275 e. The SMILES string of the molecule is CCCCCCC[C](C)CC. The summed E-state index contributed by atoms with van der Waals surface area (Å²) in [5, 5.41) is 0. The second kappa shape index (κ2) is 8.10. The van der Waals surface area contributed by atoms with E-state index in [1.807, 2.05) is 0 Å². The van der Waals surface area contributed by atoms with Crippen LogP contribution in [-0.4, -0.2) is 0 Å². The van der Waals surface area contributed by atoms with Gasteiger partial charge in [-0.15, -0.1) is 0 Å². The highest BCUT2D eigenvalue weighted by Crippen LogP contribution is 2.14. The molecule has 0 amide bonds. The van der Waals surface area contributed by atoms with Crippen molar-refractivity contribution >= 4 is 0 Å². The lowest BCUT2D eigenvalue weighted by Gasteiger charge is -2.06. The molecule has 0 aromatic carbocycles. The lowest BCUT2D eigenvalue weighted by atomic mass is 10.0. The van der Waals surface area contributed by atoms with E-state index < -0.39 is 0 Å². The molecular formula is C11H23. The molecule has 0 saturated carbocycles. The highest BCUT2D eigenvalue weighted by atomic mass is 14.0. The van der Waals surface area contributed by atoms with Gasteiger partial charge in [0.2, 0.25) is 0 Å². The number of hydrogen-bond acceptors (Lipinski definition) is 0. The minimum absolute atomic E-state index is 1.27. The molecule has 67 valence electrons. The molecule has 0 heteroatoms. The molecule has 0 N–H and O–H groups in total. The largest absolute Gasteiger partial charge is 0.0654 e. The van der Waals surface area contributed by atoms with Crippen LogP contribution < -0.4 is 0 Å². The fraction of sp³-hybridized carbons (Fsp3) is 0.909. The topological polar surface area (TPSA) is 0 Å². The average molecular weight is 155 g/mol. The highest BCUT2D eigenvalue weighted by molar-refractivity contribution is 4.80. The molecule has 11 heavy (non-hydrogen) atoms. The van der Waals surface area contributed by atoms with E-state index in [-0.39, 0.29) is 0 Å². The summed E-state index contributed by atoms with van der Waals surface area (Å²) in [6.45, 7) is 6.80. The minimum Gasteiger partial charge on any atom is -0.0654 e. The van der Waals surface area contributed by atoms with Crippen LogP contribution in [0.2, 0.25) is 0 Å². The van der Waals surface area contributed by atoms with Crippen LogP contribution in [0.25, 0.3) is 0 Å². The van der Waals surface area contributed by atoms with E-state index in [2.05, 4.69) is 20.8 Å². The van der Waals surface area contributed by atoms with Crippen molar-refractivity contribution in [2.24, 2.45) is 0 Å². The first-order chi connectivity index (χ1) is 5.31. The molecular weight excluding hydrogens is 132 g/mol. The summed E-state index contributed by atoms with van der Waals surface area (Å²) in [5.41, 5.74) is 0. The van der Waals surface area contributed by atoms with Crippen molar-refractivity contribution in [2.45, 2.75) is 65.7 Å². The first-order valence-electron chi connectivity index (χ1n) is 5.12. The van der Waals surface area contributed by atoms with Gasteiger partial charge in [-0.05, 0) is 12.3 Å². The van der Waals surface area contributed by atoms with E-state index in [1.54, 1.807) is 5.92 Å². The third-order valence-corrected chi connectivity index (χ3v) is 2.31. The Morgan fingerprint density at radius 3 is 2.09 bits per heavy atom. The first-order valence-corrected chi connectivity index (χ1v) is 5.12. The van der Waals surface area contributed by atoms with E-state index >= 15 is 0 Å². The molecule has 0 rings (SSSR count). The maximum atomic E-state index is 2.28. The van der Waals surface area contributed by atoms with Gasteiger partial charge in [0.05, 0.1) is 0 Å². The molecule has 0 nitrogen and oxygen atoms in total. The van der Waals surface area contributed by atoms with Gasteiger partial charge < -0.3 is 0 Å². The molecule has 0 aliphatic heterocycles. The van der Waals surface area contributed by atoms with Crippen molar-refractivity contribution in [3.63, 3.8) is 0 Å². The van der Waals surface area contributed by atoms with Crippen molar-refractivity contribution in [2.75, 3.05) is 0 Å². The van der Waals surface area contributed by atoms with Crippen LogP contribution in [0.15, 0.2) is 0 Å². The fourth-order valence-electron chi connectivity index (χ4n) is 1.21. The van der Waals surface area contributed by atoms with Crippen molar-refractivity contribution in [3.05, 3.63) is 5.92 Å². The molecule has 0 atom stereocenters. The Bertz CT molecular complexity index is 66.4. The maximum absolute atomic E-state index is 2.28. The summed E-state index contributed by atoms with van der Waals surface area (Å²) >= 11 is 0. The van der Waals surface area contributed by atoms with Gasteiger partial charge in [-0.1, -0.05) is 59.3 Å². The molecule has 0 saturated heterocycles. The van der Waals surface area contributed by atoms with Gasteiger partial charge in [-0.25, -0.2) is 0 Å². The minimum atomic E-state index is 1.27. The highest BCUT2D eigenvalue weighted by Gasteiger charge is 1.97. The molecule has 0 aliphatic carbocycles. The standard InChI is InChI=1S/C11H23/c1-4-6-7-8-9-10-11(3)5-2/h4-10H2,1-3H3. The van der Waals surface area contributed by atoms with Crippen molar-refractivity contribution < 1.29 is 0 Å². The third-order valence-electron chi connectivity index (χ3n) is 2.31. The summed E-state index contributed by atoms with van der Waals surface area (Å²) in [6, 6.07) is 0. The van der Waals surface area contributed by atoms with E-state index in [0.29, 0.717) is 0 Å². The molecule has 0 bridgehead atoms. The Balaban J connectivity index is 2.89. The molecule has 1 radical (unpaired) electrons. The average Bonchev–Trinajstić information content (AvgIpc) is 2.04. The predicted molar refractivity (Wildman–Crippen MR) is 52.6 cm³/mol. The Morgan fingerprint density at radius 1 is 0.909 bits per heavy atom. The van der Waals surface area contributed by atoms with Crippen LogP contribution in [0.4, 0.5) is 0 Å². The summed E-state index contributed by atoms with van der Waals surface area (Å²) in [7, 11) is 0. The normalized spacial score (nSPS) is 10.9. The van der Waals surface area contributed by atoms with Crippen LogP contribution in [0, 0.1) is 5.92 Å². The van der Waals surface area contributed by atoms with E-state index in [1.165, 1.54) is 44.9 Å². The van der Waals surface area contributed by atoms with Gasteiger partial charge in [-0.2, -0.15) is 0 Å². The predicted octanol–water partition coefficient (Wildman–Crippen LogP) is 4.35. The number of unbranched alkanes of at least 4 members (excludes halogenated alkanes) is 4. The molecule has 0 aromatic rings. The number of hydrogen-bond donors (Lipinski definition) is 0. The summed E-state index contributed by atoms with van der Waals surface area (Å²) in [6.07, 6.45) is 9.70. The third kappa shape index (κ3) is 7.90. The molecule has 0 unspecified atom stereocenters. The monoisotopic (exact) mass is 155 g/mol. The summed E-state index contributed by atoms with van der Waals surface area (Å²) < 4.78 is 0. The second-order valence-corrected chi connectivity index (χ2v) is 3.47. The van der Waals surface area contributed by atoms with Crippen molar-refractivity contribution in [3.8, 4) is 0 Å². The van der Waals surface area contributed by atoms with Gasteiger partial charge in [0.15, 0.2) is 0 Å². The lowest BCUT2D eigenvalue weighted by molar-refractivity contribution is 0.603. The van der Waals surface area contributed by atoms with Gasteiger partial charge in [-0.3, -0.25) is 0 Å². The second-order valence-electron chi connectivity index (χ2n) is 3.47. The Morgan fingerprint density at radius 2 is 1.55 bits per heavy atom. The molecule has 0 heterocycles. The fourth-order valence-corrected chi connectivity index (χ4v) is 1.21. The van der Waals surface area contributed by atoms with Gasteiger partial charge >= 0.3 is 0 Å². The molecule has 0 fully saturated rings. The van der Waals surface area contributed by atoms with E-state index in [0.717, 1.165) is 0 Å². The van der Waals surface area contributed by atoms with E-state index in [9.17, 15) is 0 Å². The molecule has 0 spiro atoms. The van der Waals surface area contributed by atoms with Crippen LogP contribution in [0.1, 0.15) is 65.7 Å². The van der Waals surface area contributed by atoms with Crippen molar-refractivity contribution in [1.82, 2.24) is 0 Å². The van der Waals surface area contributed by atoms with Crippen LogP contribution >= 0.6 is 0 Å². The zero-order chi connectivity index (χ0) is 8.53. The first kappa shape index (κ1) is 11.0. The summed E-state index contributed by atoms with van der Waals surface area (Å²) in [4.78, 5) is 0. The van der Waals surface area contributed by atoms with Crippen LogP contribution in [0.3, 0.4) is 0 Å². The molecule has 0 aliphatic rings. The zero-order valence-electron chi connectivity index (χ0n) is 8.45. The van der Waals surface area contributed by atoms with E-state index in [4.69, 9.17) is 0 Å². The smallest absolute Gasteiger partial charge is 0.0275 e. The Labute approximate surface area is 72.4 Å². The van der Waals surface area contributed by atoms with Gasteiger partial charge in [0.1, 0.15) is 0 Å². The Hall–Kier alpha value is 0. The Kier molecular flexibility index (Phi) is 8.10. The quantitative estimate of drug-likeness (QED) is 0.479. The summed E-state index contributed by atoms with van der Waals surface area (Å²) in [5.74, 6) is 1.67. The zero-order valence-corrected chi connectivity index (χ0v) is 8.45. The van der Waals surface area contributed by atoms with Crippen molar-refractivity contribution in [1.29, 1.82) is 0 Å². The van der Waals surface area contributed by atoms with Gasteiger partial charge in [0.25, 0.3) is 0 Å². The lowest BCUT2D eigenvalue weighted by Crippen LogP contribution is -1.88. The van der Waals surface area contributed by atoms with Crippen LogP contribution in [0.5, 0.6) is 0 Å². The molecule has 0 aromatic heterocycles.